The molecular weight excluding hydrogens is 356 g/mol. The monoisotopic (exact) mass is 376 g/mol. The number of carbonyl (C=O) groups is 1. The van der Waals surface area contributed by atoms with E-state index >= 15 is 0 Å². The van der Waals surface area contributed by atoms with Gasteiger partial charge in [0.05, 0.1) is 27.3 Å². The number of benzene rings is 2. The van der Waals surface area contributed by atoms with Gasteiger partial charge in [-0.1, -0.05) is 38.1 Å². The Hall–Kier alpha value is -2.99. The van der Waals surface area contributed by atoms with E-state index in [0.29, 0.717) is 0 Å². The van der Waals surface area contributed by atoms with Crippen molar-refractivity contribution in [2.75, 3.05) is 0 Å². The predicted molar refractivity (Wildman–Crippen MR) is 110 cm³/mol. The molecule has 5 nitrogen and oxygen atoms in total. The van der Waals surface area contributed by atoms with Gasteiger partial charge in [0, 0.05) is 6.08 Å². The van der Waals surface area contributed by atoms with Gasteiger partial charge < -0.3 is 10.3 Å². The van der Waals surface area contributed by atoms with Gasteiger partial charge in [-0.05, 0) is 36.3 Å². The van der Waals surface area contributed by atoms with Crippen LogP contribution in [0.1, 0.15) is 30.7 Å². The summed E-state index contributed by atoms with van der Waals surface area (Å²) in [6, 6.07) is 15.6. The fraction of sp³-hybridized carbons (Fsp3) is 0.190. The molecule has 6 heteroatoms. The lowest BCUT2D eigenvalue weighted by atomic mass is 10.0. The van der Waals surface area contributed by atoms with Crippen molar-refractivity contribution in [1.82, 2.24) is 20.3 Å². The van der Waals surface area contributed by atoms with E-state index in [2.05, 4.69) is 34.1 Å². The number of hydrogen-bond acceptors (Lipinski definition) is 4. The molecule has 0 aliphatic heterocycles. The molecule has 0 fully saturated rings. The van der Waals surface area contributed by atoms with Crippen LogP contribution in [0.5, 0.6) is 0 Å². The van der Waals surface area contributed by atoms with Crippen molar-refractivity contribution in [1.29, 1.82) is 0 Å². The Labute approximate surface area is 161 Å². The Kier molecular flexibility index (Phi) is 4.73. The number of amides is 1. The molecule has 136 valence electrons. The summed E-state index contributed by atoms with van der Waals surface area (Å²) >= 11 is 1.57. The standard InChI is InChI=1S/C21H20N4OS/c1-13(2)20(21-23-14-7-3-4-8-15(14)24-21)25-18(26)11-12-19-22-16-9-5-6-10-17(16)27-19/h3-13,20H,1-2H3,(H,23,24)(H,25,26)/b12-11+/t20-/m0/s1. The van der Waals surface area contributed by atoms with Crippen molar-refractivity contribution in [3.05, 3.63) is 65.4 Å². The van der Waals surface area contributed by atoms with Gasteiger partial charge in [-0.3, -0.25) is 4.79 Å². The van der Waals surface area contributed by atoms with Crippen LogP contribution < -0.4 is 5.32 Å². The third kappa shape index (κ3) is 3.75. The van der Waals surface area contributed by atoms with Crippen molar-refractivity contribution >= 4 is 44.6 Å². The number of fused-ring (bicyclic) bond motifs is 2. The molecule has 0 aliphatic rings. The first-order valence-corrected chi connectivity index (χ1v) is 9.70. The Morgan fingerprint density at radius 2 is 1.81 bits per heavy atom. The summed E-state index contributed by atoms with van der Waals surface area (Å²) in [7, 11) is 0. The van der Waals surface area contributed by atoms with Crippen molar-refractivity contribution in [3.63, 3.8) is 0 Å². The number of H-pyrrole nitrogens is 1. The quantitative estimate of drug-likeness (QED) is 0.496. The van der Waals surface area contributed by atoms with E-state index in [4.69, 9.17) is 0 Å². The average molecular weight is 376 g/mol. The second kappa shape index (κ2) is 7.32. The third-order valence-electron chi connectivity index (χ3n) is 4.35. The molecule has 0 radical (unpaired) electrons. The molecule has 0 bridgehead atoms. The van der Waals surface area contributed by atoms with Crippen LogP contribution in [0.15, 0.2) is 54.6 Å². The summed E-state index contributed by atoms with van der Waals surface area (Å²) in [6.07, 6.45) is 3.30. The number of thiazole rings is 1. The predicted octanol–water partition coefficient (Wildman–Crippen LogP) is 4.70. The SMILES string of the molecule is CC(C)[C@H](NC(=O)/C=C/c1nc2ccccc2s1)c1nc2ccccc2[nH]1. The van der Waals surface area contributed by atoms with Gasteiger partial charge in [0.1, 0.15) is 10.8 Å². The number of aromatic amines is 1. The fourth-order valence-electron chi connectivity index (χ4n) is 2.98. The number of rotatable bonds is 5. The lowest BCUT2D eigenvalue weighted by Crippen LogP contribution is -2.31. The Balaban J connectivity index is 1.51. The summed E-state index contributed by atoms with van der Waals surface area (Å²) in [6.45, 7) is 4.13. The van der Waals surface area contributed by atoms with Gasteiger partial charge in [0.15, 0.2) is 0 Å². The topological polar surface area (TPSA) is 70.7 Å². The first kappa shape index (κ1) is 17.4. The first-order valence-electron chi connectivity index (χ1n) is 8.89. The van der Waals surface area contributed by atoms with Crippen molar-refractivity contribution in [2.45, 2.75) is 19.9 Å². The van der Waals surface area contributed by atoms with E-state index in [0.717, 1.165) is 32.1 Å². The molecule has 4 rings (SSSR count). The van der Waals surface area contributed by atoms with E-state index < -0.39 is 0 Å². The van der Waals surface area contributed by atoms with Gasteiger partial charge >= 0.3 is 0 Å². The summed E-state index contributed by atoms with van der Waals surface area (Å²) in [5.41, 5.74) is 2.82. The second-order valence-corrected chi connectivity index (χ2v) is 7.78. The highest BCUT2D eigenvalue weighted by Gasteiger charge is 2.21. The minimum Gasteiger partial charge on any atom is -0.342 e. The van der Waals surface area contributed by atoms with Gasteiger partial charge in [0.25, 0.3) is 0 Å². The molecule has 1 amide bonds. The molecule has 1 atom stereocenters. The summed E-state index contributed by atoms with van der Waals surface area (Å²) < 4.78 is 1.11. The normalized spacial score (nSPS) is 13.0. The number of nitrogens with one attached hydrogen (secondary N) is 2. The molecule has 0 aliphatic carbocycles. The maximum atomic E-state index is 12.5. The molecule has 0 saturated heterocycles. The van der Waals surface area contributed by atoms with Crippen LogP contribution in [0.25, 0.3) is 27.3 Å². The van der Waals surface area contributed by atoms with Crippen LogP contribution in [0.3, 0.4) is 0 Å². The minimum absolute atomic E-state index is 0.159. The van der Waals surface area contributed by atoms with Crippen LogP contribution in [0.4, 0.5) is 0 Å². The number of para-hydroxylation sites is 3. The number of nitrogens with zero attached hydrogens (tertiary/aromatic N) is 2. The molecule has 2 N–H and O–H groups in total. The Morgan fingerprint density at radius 1 is 1.07 bits per heavy atom. The van der Waals surface area contributed by atoms with E-state index in [-0.39, 0.29) is 17.9 Å². The molecular formula is C21H20N4OS. The summed E-state index contributed by atoms with van der Waals surface area (Å²) in [5.74, 6) is 0.812. The molecule has 0 unspecified atom stereocenters. The van der Waals surface area contributed by atoms with E-state index in [9.17, 15) is 4.79 Å². The third-order valence-corrected chi connectivity index (χ3v) is 5.36. The fourth-order valence-corrected chi connectivity index (χ4v) is 3.85. The number of aromatic nitrogens is 3. The molecule has 4 aromatic rings. The smallest absolute Gasteiger partial charge is 0.244 e. The highest BCUT2D eigenvalue weighted by atomic mass is 32.1. The maximum Gasteiger partial charge on any atom is 0.244 e. The van der Waals surface area contributed by atoms with Crippen molar-refractivity contribution in [2.24, 2.45) is 5.92 Å². The van der Waals surface area contributed by atoms with Gasteiger partial charge in [-0.25, -0.2) is 9.97 Å². The lowest BCUT2D eigenvalue weighted by Gasteiger charge is -2.19. The summed E-state index contributed by atoms with van der Waals surface area (Å²) in [4.78, 5) is 24.9. The van der Waals surface area contributed by atoms with Crippen molar-refractivity contribution in [3.8, 4) is 0 Å². The lowest BCUT2D eigenvalue weighted by molar-refractivity contribution is -0.117. The molecule has 2 heterocycles. The average Bonchev–Trinajstić information content (AvgIpc) is 3.27. The maximum absolute atomic E-state index is 12.5. The molecule has 27 heavy (non-hydrogen) atoms. The van der Waals surface area contributed by atoms with Gasteiger partial charge in [-0.15, -0.1) is 11.3 Å². The highest BCUT2D eigenvalue weighted by Crippen LogP contribution is 2.24. The van der Waals surface area contributed by atoms with Gasteiger partial charge in [-0.2, -0.15) is 0 Å². The van der Waals surface area contributed by atoms with Crippen LogP contribution in [0.2, 0.25) is 0 Å². The Morgan fingerprint density at radius 3 is 2.56 bits per heavy atom. The molecule has 2 aromatic heterocycles. The largest absolute Gasteiger partial charge is 0.342 e. The molecule has 2 aromatic carbocycles. The minimum atomic E-state index is -0.190. The number of imidazole rings is 1. The second-order valence-electron chi connectivity index (χ2n) is 6.72. The number of carbonyl (C=O) groups excluding carboxylic acids is 1. The van der Waals surface area contributed by atoms with E-state index in [1.165, 1.54) is 6.08 Å². The number of hydrogen-bond donors (Lipinski definition) is 2. The van der Waals surface area contributed by atoms with E-state index in [1.807, 2.05) is 48.5 Å². The van der Waals surface area contributed by atoms with Crippen molar-refractivity contribution < 1.29 is 4.79 Å². The van der Waals surface area contributed by atoms with E-state index in [1.54, 1.807) is 17.4 Å². The van der Waals surface area contributed by atoms with Gasteiger partial charge in [0.2, 0.25) is 5.91 Å². The van der Waals surface area contributed by atoms with Crippen LogP contribution in [-0.4, -0.2) is 20.9 Å². The Bertz CT molecular complexity index is 1060. The summed E-state index contributed by atoms with van der Waals surface area (Å²) in [5, 5.41) is 3.87. The van der Waals surface area contributed by atoms with Crippen LogP contribution in [-0.2, 0) is 4.79 Å². The highest BCUT2D eigenvalue weighted by molar-refractivity contribution is 7.19. The zero-order valence-electron chi connectivity index (χ0n) is 15.1. The zero-order chi connectivity index (χ0) is 18.8. The zero-order valence-corrected chi connectivity index (χ0v) is 16.0. The molecule has 0 saturated carbocycles. The van der Waals surface area contributed by atoms with Crippen LogP contribution >= 0.6 is 11.3 Å². The first-order chi connectivity index (χ1) is 13.1. The molecule has 0 spiro atoms. The van der Waals surface area contributed by atoms with Crippen LogP contribution in [0, 0.1) is 5.92 Å².